The average Bonchev–Trinajstić information content (AvgIpc) is 2.87. The van der Waals surface area contributed by atoms with E-state index in [0.29, 0.717) is 38.8 Å². The molecule has 0 radical (unpaired) electrons. The van der Waals surface area contributed by atoms with Gasteiger partial charge in [0.25, 0.3) is 5.91 Å². The summed E-state index contributed by atoms with van der Waals surface area (Å²) in [7, 11) is 0. The first kappa shape index (κ1) is 19.4. The minimum atomic E-state index is -0.543. The van der Waals surface area contributed by atoms with Crippen LogP contribution in [0.1, 0.15) is 54.6 Å². The van der Waals surface area contributed by atoms with Crippen molar-refractivity contribution >= 4 is 11.8 Å². The fourth-order valence-electron chi connectivity index (χ4n) is 4.35. The number of para-hydroxylation sites is 1. The number of nitrogens with zero attached hydrogens (tertiary/aromatic N) is 1. The topological polar surface area (TPSA) is 58.6 Å². The molecule has 2 heterocycles. The molecule has 2 unspecified atom stereocenters. The van der Waals surface area contributed by atoms with Crippen LogP contribution in [0.3, 0.4) is 0 Å². The van der Waals surface area contributed by atoms with E-state index in [9.17, 15) is 14.0 Å². The molecule has 2 aliphatic heterocycles. The third-order valence-corrected chi connectivity index (χ3v) is 5.99. The quantitative estimate of drug-likeness (QED) is 0.857. The molecule has 1 saturated heterocycles. The highest BCUT2D eigenvalue weighted by molar-refractivity contribution is 5.94. The molecule has 1 N–H and O–H groups in total. The SMILES string of the molecule is CCN1CCC2(CCC1=O)CC(NC(=O)c1ccccc1F)c1ccccc1O2. The Kier molecular flexibility index (Phi) is 5.26. The van der Waals surface area contributed by atoms with Crippen molar-refractivity contribution in [1.82, 2.24) is 10.2 Å². The summed E-state index contributed by atoms with van der Waals surface area (Å²) in [4.78, 5) is 27.0. The molecule has 2 aromatic rings. The zero-order valence-corrected chi connectivity index (χ0v) is 16.5. The second kappa shape index (κ2) is 7.85. The Morgan fingerprint density at radius 1 is 1.21 bits per heavy atom. The first-order valence-corrected chi connectivity index (χ1v) is 10.1. The van der Waals surface area contributed by atoms with Crippen molar-refractivity contribution in [3.05, 3.63) is 65.5 Å². The van der Waals surface area contributed by atoms with Crippen molar-refractivity contribution in [2.75, 3.05) is 13.1 Å². The second-order valence-electron chi connectivity index (χ2n) is 7.76. The number of carbonyl (C=O) groups excluding carboxylic acids is 2. The van der Waals surface area contributed by atoms with Crippen molar-refractivity contribution < 1.29 is 18.7 Å². The lowest BCUT2D eigenvalue weighted by molar-refractivity contribution is -0.130. The van der Waals surface area contributed by atoms with Crippen LogP contribution in [0.25, 0.3) is 0 Å². The Hall–Kier alpha value is -2.89. The number of halogens is 1. The molecule has 1 spiro atoms. The van der Waals surface area contributed by atoms with Crippen molar-refractivity contribution in [2.24, 2.45) is 0 Å². The molecule has 152 valence electrons. The summed E-state index contributed by atoms with van der Waals surface area (Å²) in [6.07, 6.45) is 2.27. The zero-order chi connectivity index (χ0) is 20.4. The molecular weight excluding hydrogens is 371 g/mol. The summed E-state index contributed by atoms with van der Waals surface area (Å²) >= 11 is 0. The van der Waals surface area contributed by atoms with Gasteiger partial charge in [0, 0.05) is 37.9 Å². The molecule has 2 aromatic carbocycles. The van der Waals surface area contributed by atoms with Crippen LogP contribution in [0.5, 0.6) is 5.75 Å². The first-order chi connectivity index (χ1) is 14.0. The highest BCUT2D eigenvalue weighted by atomic mass is 19.1. The average molecular weight is 396 g/mol. The Balaban J connectivity index is 1.62. The van der Waals surface area contributed by atoms with Gasteiger partial charge in [0.15, 0.2) is 0 Å². The number of hydrogen-bond donors (Lipinski definition) is 1. The highest BCUT2D eigenvalue weighted by Gasteiger charge is 2.43. The molecule has 1 fully saturated rings. The fraction of sp³-hybridized carbons (Fsp3) is 0.391. The van der Waals surface area contributed by atoms with E-state index in [1.54, 1.807) is 12.1 Å². The van der Waals surface area contributed by atoms with E-state index in [0.717, 1.165) is 11.3 Å². The largest absolute Gasteiger partial charge is 0.487 e. The summed E-state index contributed by atoms with van der Waals surface area (Å²) in [5.41, 5.74) is 0.380. The molecule has 2 aliphatic rings. The minimum absolute atomic E-state index is 0.0266. The maximum absolute atomic E-state index is 14.1. The number of hydrogen-bond acceptors (Lipinski definition) is 3. The van der Waals surface area contributed by atoms with Gasteiger partial charge >= 0.3 is 0 Å². The molecule has 6 heteroatoms. The number of carbonyl (C=O) groups is 2. The van der Waals surface area contributed by atoms with E-state index >= 15 is 0 Å². The maximum Gasteiger partial charge on any atom is 0.254 e. The summed E-state index contributed by atoms with van der Waals surface area (Å²) in [5.74, 6) is -0.132. The second-order valence-corrected chi connectivity index (χ2v) is 7.76. The number of rotatable bonds is 3. The van der Waals surface area contributed by atoms with Gasteiger partial charge in [-0.05, 0) is 31.5 Å². The fourth-order valence-corrected chi connectivity index (χ4v) is 4.35. The van der Waals surface area contributed by atoms with E-state index in [4.69, 9.17) is 4.74 Å². The van der Waals surface area contributed by atoms with Crippen LogP contribution in [-0.4, -0.2) is 35.4 Å². The van der Waals surface area contributed by atoms with Crippen molar-refractivity contribution in [3.63, 3.8) is 0 Å². The van der Waals surface area contributed by atoms with Crippen molar-refractivity contribution in [1.29, 1.82) is 0 Å². The van der Waals surface area contributed by atoms with Crippen LogP contribution in [0.2, 0.25) is 0 Å². The lowest BCUT2D eigenvalue weighted by atomic mass is 9.82. The van der Waals surface area contributed by atoms with Gasteiger partial charge < -0.3 is 15.0 Å². The number of nitrogens with one attached hydrogen (secondary N) is 1. The highest BCUT2D eigenvalue weighted by Crippen LogP contribution is 2.44. The molecular formula is C23H25FN2O3. The van der Waals surface area contributed by atoms with E-state index in [-0.39, 0.29) is 17.5 Å². The van der Waals surface area contributed by atoms with E-state index in [2.05, 4.69) is 5.32 Å². The van der Waals surface area contributed by atoms with Gasteiger partial charge in [-0.25, -0.2) is 4.39 Å². The third kappa shape index (κ3) is 3.84. The number of fused-ring (bicyclic) bond motifs is 1. The Morgan fingerprint density at radius 3 is 2.76 bits per heavy atom. The van der Waals surface area contributed by atoms with Gasteiger partial charge in [-0.1, -0.05) is 30.3 Å². The molecule has 0 saturated carbocycles. The molecule has 29 heavy (non-hydrogen) atoms. The van der Waals surface area contributed by atoms with Gasteiger partial charge in [0.1, 0.15) is 17.2 Å². The third-order valence-electron chi connectivity index (χ3n) is 5.99. The normalized spacial score (nSPS) is 23.9. The van der Waals surface area contributed by atoms with Crippen LogP contribution in [0.4, 0.5) is 4.39 Å². The first-order valence-electron chi connectivity index (χ1n) is 10.1. The monoisotopic (exact) mass is 396 g/mol. The lowest BCUT2D eigenvalue weighted by Crippen LogP contribution is -2.46. The van der Waals surface area contributed by atoms with Gasteiger partial charge in [0.05, 0.1) is 11.6 Å². The molecule has 2 amide bonds. The Labute approximate surface area is 169 Å². The van der Waals surface area contributed by atoms with Crippen LogP contribution in [-0.2, 0) is 4.79 Å². The summed E-state index contributed by atoms with van der Waals surface area (Å²) in [6, 6.07) is 13.3. The Bertz CT molecular complexity index is 932. The van der Waals surface area contributed by atoms with Crippen LogP contribution in [0.15, 0.2) is 48.5 Å². The lowest BCUT2D eigenvalue weighted by Gasteiger charge is -2.42. The molecule has 5 nitrogen and oxygen atoms in total. The minimum Gasteiger partial charge on any atom is -0.487 e. The van der Waals surface area contributed by atoms with Crippen LogP contribution >= 0.6 is 0 Å². The van der Waals surface area contributed by atoms with E-state index < -0.39 is 17.3 Å². The summed E-state index contributed by atoms with van der Waals surface area (Å²) < 4.78 is 20.5. The van der Waals surface area contributed by atoms with Crippen molar-refractivity contribution in [3.8, 4) is 5.75 Å². The number of ether oxygens (including phenoxy) is 1. The van der Waals surface area contributed by atoms with Gasteiger partial charge in [0.2, 0.25) is 5.91 Å². The van der Waals surface area contributed by atoms with Gasteiger partial charge in [-0.15, -0.1) is 0 Å². The van der Waals surface area contributed by atoms with Crippen molar-refractivity contribution in [2.45, 2.75) is 44.2 Å². The number of likely N-dealkylation sites (tertiary alicyclic amines) is 1. The number of amides is 2. The molecule has 2 atom stereocenters. The zero-order valence-electron chi connectivity index (χ0n) is 16.5. The smallest absolute Gasteiger partial charge is 0.254 e. The number of benzene rings is 2. The molecule has 0 aromatic heterocycles. The van der Waals surface area contributed by atoms with E-state index in [1.165, 1.54) is 12.1 Å². The predicted molar refractivity (Wildman–Crippen MR) is 107 cm³/mol. The summed E-state index contributed by atoms with van der Waals surface area (Å²) in [5, 5.41) is 3.00. The predicted octanol–water partition coefficient (Wildman–Crippen LogP) is 3.85. The maximum atomic E-state index is 14.1. The standard InChI is InChI=1S/C23H25FN2O3/c1-2-26-14-13-23(12-11-21(26)27)15-19(17-8-4-6-10-20(17)29-23)25-22(28)16-7-3-5-9-18(16)24/h3-10,19H,2,11-15H2,1H3,(H,25,28). The molecule has 0 aliphatic carbocycles. The van der Waals surface area contributed by atoms with Crippen LogP contribution < -0.4 is 10.1 Å². The molecule has 0 bridgehead atoms. The van der Waals surface area contributed by atoms with E-state index in [1.807, 2.05) is 36.1 Å². The van der Waals surface area contributed by atoms with Gasteiger partial charge in [-0.2, -0.15) is 0 Å². The van der Waals surface area contributed by atoms with Gasteiger partial charge in [-0.3, -0.25) is 9.59 Å². The van der Waals surface area contributed by atoms with Crippen LogP contribution in [0, 0.1) is 5.82 Å². The Morgan fingerprint density at radius 2 is 1.97 bits per heavy atom. The molecule has 4 rings (SSSR count). The summed E-state index contributed by atoms with van der Waals surface area (Å²) in [6.45, 7) is 3.29.